The number of amides is 1. The summed E-state index contributed by atoms with van der Waals surface area (Å²) in [5.41, 5.74) is 6.22. The van der Waals surface area contributed by atoms with Crippen molar-refractivity contribution in [3.63, 3.8) is 0 Å². The number of nitrogens with zero attached hydrogens (tertiary/aromatic N) is 2. The van der Waals surface area contributed by atoms with Crippen LogP contribution < -0.4 is 11.1 Å². The molecule has 18 heavy (non-hydrogen) atoms. The van der Waals surface area contributed by atoms with Crippen molar-refractivity contribution < 1.29 is 9.53 Å². The minimum atomic E-state index is -0.295. The predicted octanol–water partition coefficient (Wildman–Crippen LogP) is 0.948. The van der Waals surface area contributed by atoms with Crippen LogP contribution in [0.1, 0.15) is 43.0 Å². The lowest BCUT2D eigenvalue weighted by Crippen LogP contribution is -2.29. The van der Waals surface area contributed by atoms with E-state index in [2.05, 4.69) is 15.3 Å². The van der Waals surface area contributed by atoms with Crippen LogP contribution in [0.15, 0.2) is 6.20 Å². The fourth-order valence-corrected chi connectivity index (χ4v) is 1.33. The zero-order valence-electron chi connectivity index (χ0n) is 11.1. The van der Waals surface area contributed by atoms with Crippen molar-refractivity contribution >= 4 is 11.6 Å². The van der Waals surface area contributed by atoms with Crippen molar-refractivity contribution in [2.75, 3.05) is 25.5 Å². The summed E-state index contributed by atoms with van der Waals surface area (Å²) in [5, 5.41) is 2.71. The van der Waals surface area contributed by atoms with Gasteiger partial charge in [-0.3, -0.25) is 4.79 Å². The Morgan fingerprint density at radius 1 is 1.56 bits per heavy atom. The van der Waals surface area contributed by atoms with Crippen LogP contribution in [0, 0.1) is 0 Å². The van der Waals surface area contributed by atoms with Crippen molar-refractivity contribution in [2.45, 2.75) is 26.7 Å². The largest absolute Gasteiger partial charge is 0.396 e. The van der Waals surface area contributed by atoms with Crippen LogP contribution in [0.2, 0.25) is 0 Å². The van der Waals surface area contributed by atoms with Gasteiger partial charge in [-0.2, -0.15) is 0 Å². The van der Waals surface area contributed by atoms with E-state index < -0.39 is 0 Å². The molecule has 0 bridgehead atoms. The number of ether oxygens (including phenoxy) is 1. The first kappa shape index (κ1) is 14.4. The Hall–Kier alpha value is -1.69. The Labute approximate surface area is 107 Å². The van der Waals surface area contributed by atoms with Gasteiger partial charge in [-0.15, -0.1) is 0 Å². The Bertz CT molecular complexity index is 407. The molecule has 0 unspecified atom stereocenters. The molecule has 0 aromatic carbocycles. The van der Waals surface area contributed by atoms with Gasteiger partial charge < -0.3 is 15.8 Å². The number of aromatic nitrogens is 2. The van der Waals surface area contributed by atoms with Gasteiger partial charge in [0.2, 0.25) is 0 Å². The van der Waals surface area contributed by atoms with E-state index >= 15 is 0 Å². The molecule has 0 radical (unpaired) electrons. The Morgan fingerprint density at radius 2 is 2.28 bits per heavy atom. The zero-order chi connectivity index (χ0) is 13.5. The van der Waals surface area contributed by atoms with Crippen molar-refractivity contribution in [3.8, 4) is 0 Å². The van der Waals surface area contributed by atoms with E-state index in [1.165, 1.54) is 6.20 Å². The standard InChI is InChI=1S/C12H20N4O2/c1-4-18-6-5-14-12(17)10-9(13)7-15-11(16-10)8(2)3/h7-8H,4-6,13H2,1-3H3,(H,14,17). The third-order valence-electron chi connectivity index (χ3n) is 2.30. The van der Waals surface area contributed by atoms with Gasteiger partial charge in [-0.05, 0) is 6.92 Å². The number of nitrogens with one attached hydrogen (secondary N) is 1. The molecule has 0 saturated heterocycles. The van der Waals surface area contributed by atoms with Crippen LogP contribution >= 0.6 is 0 Å². The summed E-state index contributed by atoms with van der Waals surface area (Å²) >= 11 is 0. The van der Waals surface area contributed by atoms with Crippen LogP contribution in [0.25, 0.3) is 0 Å². The van der Waals surface area contributed by atoms with E-state index in [0.29, 0.717) is 25.6 Å². The summed E-state index contributed by atoms with van der Waals surface area (Å²) in [6.45, 7) is 7.37. The second kappa shape index (κ2) is 6.90. The second-order valence-electron chi connectivity index (χ2n) is 4.14. The first-order valence-corrected chi connectivity index (χ1v) is 6.04. The van der Waals surface area contributed by atoms with Crippen LogP contribution in [0.4, 0.5) is 5.69 Å². The van der Waals surface area contributed by atoms with Crippen molar-refractivity contribution in [1.82, 2.24) is 15.3 Å². The first-order chi connectivity index (χ1) is 8.56. The third-order valence-corrected chi connectivity index (χ3v) is 2.30. The topological polar surface area (TPSA) is 90.1 Å². The molecule has 0 aliphatic rings. The van der Waals surface area contributed by atoms with Crippen LogP contribution in [-0.4, -0.2) is 35.6 Å². The highest BCUT2D eigenvalue weighted by atomic mass is 16.5. The summed E-state index contributed by atoms with van der Waals surface area (Å²) in [6.07, 6.45) is 1.47. The zero-order valence-corrected chi connectivity index (χ0v) is 11.1. The molecule has 1 amide bonds. The summed E-state index contributed by atoms with van der Waals surface area (Å²) in [6, 6.07) is 0. The quantitative estimate of drug-likeness (QED) is 0.736. The number of hydrogen-bond donors (Lipinski definition) is 2. The molecule has 0 spiro atoms. The molecule has 1 aromatic heterocycles. The number of rotatable bonds is 6. The number of nitrogen functional groups attached to an aromatic ring is 1. The SMILES string of the molecule is CCOCCNC(=O)c1nc(C(C)C)ncc1N. The molecular formula is C12H20N4O2. The Balaban J connectivity index is 2.69. The fraction of sp³-hybridized carbons (Fsp3) is 0.583. The summed E-state index contributed by atoms with van der Waals surface area (Å²) in [7, 11) is 0. The lowest BCUT2D eigenvalue weighted by Gasteiger charge is -2.09. The average molecular weight is 252 g/mol. The lowest BCUT2D eigenvalue weighted by molar-refractivity contribution is 0.0918. The maximum atomic E-state index is 11.9. The van der Waals surface area contributed by atoms with E-state index in [1.54, 1.807) is 0 Å². The van der Waals surface area contributed by atoms with E-state index in [1.807, 2.05) is 20.8 Å². The molecule has 6 heteroatoms. The molecule has 0 atom stereocenters. The van der Waals surface area contributed by atoms with E-state index in [-0.39, 0.29) is 23.2 Å². The molecule has 0 saturated carbocycles. The predicted molar refractivity (Wildman–Crippen MR) is 69.4 cm³/mol. The highest BCUT2D eigenvalue weighted by molar-refractivity contribution is 5.96. The van der Waals surface area contributed by atoms with E-state index in [0.717, 1.165) is 0 Å². The molecule has 0 aliphatic carbocycles. The van der Waals surface area contributed by atoms with Crippen molar-refractivity contribution in [3.05, 3.63) is 17.7 Å². The van der Waals surface area contributed by atoms with E-state index in [4.69, 9.17) is 10.5 Å². The van der Waals surface area contributed by atoms with Crippen LogP contribution in [-0.2, 0) is 4.74 Å². The maximum Gasteiger partial charge on any atom is 0.272 e. The summed E-state index contributed by atoms with van der Waals surface area (Å²) in [5.74, 6) is 0.469. The molecule has 1 aromatic rings. The van der Waals surface area contributed by atoms with Gasteiger partial charge in [0.05, 0.1) is 18.5 Å². The number of carbonyl (C=O) groups is 1. The molecule has 0 aliphatic heterocycles. The summed E-state index contributed by atoms with van der Waals surface area (Å²) in [4.78, 5) is 20.1. The van der Waals surface area contributed by atoms with Gasteiger partial charge in [0.25, 0.3) is 5.91 Å². The minimum absolute atomic E-state index is 0.153. The molecule has 1 heterocycles. The molecule has 3 N–H and O–H groups in total. The van der Waals surface area contributed by atoms with Crippen molar-refractivity contribution in [2.24, 2.45) is 0 Å². The van der Waals surface area contributed by atoms with Gasteiger partial charge in [0.1, 0.15) is 5.82 Å². The number of hydrogen-bond acceptors (Lipinski definition) is 5. The Kier molecular flexibility index (Phi) is 5.51. The van der Waals surface area contributed by atoms with Crippen molar-refractivity contribution in [1.29, 1.82) is 0 Å². The normalized spacial score (nSPS) is 10.7. The van der Waals surface area contributed by atoms with Gasteiger partial charge in [-0.1, -0.05) is 13.8 Å². The first-order valence-electron chi connectivity index (χ1n) is 6.04. The minimum Gasteiger partial charge on any atom is -0.396 e. The van der Waals surface area contributed by atoms with Crippen LogP contribution in [0.5, 0.6) is 0 Å². The molecule has 1 rings (SSSR count). The summed E-state index contributed by atoms with van der Waals surface area (Å²) < 4.78 is 5.13. The van der Waals surface area contributed by atoms with E-state index in [9.17, 15) is 4.79 Å². The smallest absolute Gasteiger partial charge is 0.272 e. The van der Waals surface area contributed by atoms with Gasteiger partial charge >= 0.3 is 0 Å². The maximum absolute atomic E-state index is 11.9. The number of anilines is 1. The van der Waals surface area contributed by atoms with Gasteiger partial charge in [0.15, 0.2) is 5.69 Å². The fourth-order valence-electron chi connectivity index (χ4n) is 1.33. The third kappa shape index (κ3) is 3.96. The molecule has 0 fully saturated rings. The molecular weight excluding hydrogens is 232 g/mol. The lowest BCUT2D eigenvalue weighted by atomic mass is 10.2. The highest BCUT2D eigenvalue weighted by Gasteiger charge is 2.14. The molecule has 100 valence electrons. The number of carbonyl (C=O) groups excluding carboxylic acids is 1. The Morgan fingerprint density at radius 3 is 2.89 bits per heavy atom. The second-order valence-corrected chi connectivity index (χ2v) is 4.14. The highest BCUT2D eigenvalue weighted by Crippen LogP contribution is 2.13. The average Bonchev–Trinajstić information content (AvgIpc) is 2.34. The van der Waals surface area contributed by atoms with Crippen LogP contribution in [0.3, 0.4) is 0 Å². The van der Waals surface area contributed by atoms with Gasteiger partial charge in [-0.25, -0.2) is 9.97 Å². The molecule has 6 nitrogen and oxygen atoms in total. The number of nitrogens with two attached hydrogens (primary N) is 1. The monoisotopic (exact) mass is 252 g/mol. The van der Waals surface area contributed by atoms with Gasteiger partial charge in [0, 0.05) is 19.1 Å².